The van der Waals surface area contributed by atoms with Gasteiger partial charge in [0, 0.05) is 28.9 Å². The van der Waals surface area contributed by atoms with Crippen LogP contribution in [0.5, 0.6) is 11.5 Å². The van der Waals surface area contributed by atoms with Crippen LogP contribution < -0.4 is 5.32 Å². The van der Waals surface area contributed by atoms with Crippen molar-refractivity contribution in [2.75, 3.05) is 5.32 Å². The van der Waals surface area contributed by atoms with Crippen LogP contribution in [0.2, 0.25) is 0 Å². The minimum atomic E-state index is -5.20. The van der Waals surface area contributed by atoms with E-state index in [9.17, 15) is 59.2 Å². The van der Waals surface area contributed by atoms with Gasteiger partial charge in [0.2, 0.25) is 0 Å². The van der Waals surface area contributed by atoms with E-state index in [1.807, 2.05) is 0 Å². The number of aromatic hydroxyl groups is 2. The normalized spacial score (nSPS) is 12.5. The van der Waals surface area contributed by atoms with Crippen molar-refractivity contribution in [3.63, 3.8) is 0 Å². The van der Waals surface area contributed by atoms with E-state index in [-0.39, 0.29) is 22.1 Å². The summed E-state index contributed by atoms with van der Waals surface area (Å²) >= 11 is 0. The van der Waals surface area contributed by atoms with Gasteiger partial charge in [-0.1, -0.05) is 12.1 Å². The topological polar surface area (TPSA) is 283 Å². The molecule has 42 heavy (non-hydrogen) atoms. The van der Waals surface area contributed by atoms with Crippen LogP contribution in [0.1, 0.15) is 0 Å². The van der Waals surface area contributed by atoms with E-state index in [1.165, 1.54) is 30.3 Å². The molecular weight excluding hydrogens is 624 g/mol. The summed E-state index contributed by atoms with van der Waals surface area (Å²) < 4.78 is 98.5. The van der Waals surface area contributed by atoms with Crippen molar-refractivity contribution in [3.8, 4) is 11.5 Å². The predicted molar refractivity (Wildman–Crippen MR) is 144 cm³/mol. The van der Waals surface area contributed by atoms with E-state index in [0.717, 1.165) is 18.2 Å². The zero-order valence-electron chi connectivity index (χ0n) is 20.3. The second-order valence-corrected chi connectivity index (χ2v) is 12.6. The molecule has 4 aromatic carbocycles. The Morgan fingerprint density at radius 2 is 1.36 bits per heavy atom. The van der Waals surface area contributed by atoms with Gasteiger partial charge in [-0.05, 0) is 41.8 Å². The molecule has 0 atom stereocenters. The lowest BCUT2D eigenvalue weighted by atomic mass is 10.1. The van der Waals surface area contributed by atoms with Crippen LogP contribution in [0, 0.1) is 10.1 Å². The number of anilines is 2. The molecule has 0 aliphatic carbocycles. The molecule has 0 fully saturated rings. The summed E-state index contributed by atoms with van der Waals surface area (Å²) in [5, 5.41) is 42.0. The minimum Gasteiger partial charge on any atom is -0.505 e. The molecule has 0 heterocycles. The third-order valence-corrected chi connectivity index (χ3v) is 8.12. The highest BCUT2D eigenvalue weighted by Crippen LogP contribution is 2.44. The van der Waals surface area contributed by atoms with Crippen LogP contribution in [-0.2, 0) is 30.4 Å². The molecule has 0 aliphatic rings. The molecule has 0 saturated carbocycles. The monoisotopic (exact) mass is 640 g/mol. The standard InChI is InChI=1S/C22H16N4O13S3/c27-21-16-8-13(23-12-2-1-3-15(7-12)40(31,32)33)5-4-11(16)6-18(41(34,35)36)20(21)25-24-17-9-14(26(29)30)10-19(22(17)28)42(37,38)39/h1-10,23,27-28H,(H,31,32,33)(H,34,35,36)(H,37,38,39). The molecule has 0 aromatic heterocycles. The number of azo groups is 1. The molecule has 20 heteroatoms. The Bertz CT molecular complexity index is 2150. The van der Waals surface area contributed by atoms with E-state index in [4.69, 9.17) is 0 Å². The zero-order valence-corrected chi connectivity index (χ0v) is 22.8. The van der Waals surface area contributed by atoms with Crippen LogP contribution in [0.25, 0.3) is 10.8 Å². The molecule has 0 aliphatic heterocycles. The van der Waals surface area contributed by atoms with Gasteiger partial charge < -0.3 is 15.5 Å². The zero-order chi connectivity index (χ0) is 31.2. The molecular formula is C22H16N4O13S3. The van der Waals surface area contributed by atoms with Crippen molar-refractivity contribution < 1.29 is 54.0 Å². The summed E-state index contributed by atoms with van der Waals surface area (Å²) in [5.41, 5.74) is -2.40. The van der Waals surface area contributed by atoms with Crippen LogP contribution >= 0.6 is 0 Å². The van der Waals surface area contributed by atoms with Gasteiger partial charge in [-0.25, -0.2) is 0 Å². The maximum absolute atomic E-state index is 12.1. The molecule has 220 valence electrons. The molecule has 0 unspecified atom stereocenters. The lowest BCUT2D eigenvalue weighted by molar-refractivity contribution is -0.385. The molecule has 6 N–H and O–H groups in total. The molecule has 4 aromatic rings. The van der Waals surface area contributed by atoms with Crippen molar-refractivity contribution in [1.29, 1.82) is 0 Å². The summed E-state index contributed by atoms with van der Waals surface area (Å²) in [6.07, 6.45) is 0. The number of rotatable bonds is 8. The average Bonchev–Trinajstić information content (AvgIpc) is 2.87. The SMILES string of the molecule is O=[N+]([O-])c1cc(N=Nc2c(S(=O)(=O)O)cc3ccc(Nc4cccc(S(=O)(=O)O)c4)cc3c2O)c(O)c(S(=O)(=O)O)c1. The second-order valence-electron chi connectivity index (χ2n) is 8.35. The summed E-state index contributed by atoms with van der Waals surface area (Å²) in [6.45, 7) is 0. The highest BCUT2D eigenvalue weighted by atomic mass is 32.2. The smallest absolute Gasteiger partial charge is 0.298 e. The van der Waals surface area contributed by atoms with Gasteiger partial charge in [-0.3, -0.25) is 23.8 Å². The summed E-state index contributed by atoms with van der Waals surface area (Å²) in [7, 11) is -14.8. The first-order chi connectivity index (χ1) is 19.4. The summed E-state index contributed by atoms with van der Waals surface area (Å²) in [5.74, 6) is -2.20. The predicted octanol–water partition coefficient (Wildman–Crippen LogP) is 4.06. The molecule has 0 radical (unpaired) electrons. The lowest BCUT2D eigenvalue weighted by Crippen LogP contribution is -2.00. The van der Waals surface area contributed by atoms with Crippen LogP contribution in [0.15, 0.2) is 85.6 Å². The highest BCUT2D eigenvalue weighted by Gasteiger charge is 2.26. The molecule has 4 rings (SSSR count). The van der Waals surface area contributed by atoms with Crippen LogP contribution in [-0.4, -0.2) is 54.0 Å². The van der Waals surface area contributed by atoms with Gasteiger partial charge in [-0.2, -0.15) is 25.3 Å². The maximum atomic E-state index is 12.1. The van der Waals surface area contributed by atoms with Crippen molar-refractivity contribution in [2.45, 2.75) is 14.7 Å². The van der Waals surface area contributed by atoms with Gasteiger partial charge in [0.15, 0.2) is 11.5 Å². The van der Waals surface area contributed by atoms with Crippen LogP contribution in [0.4, 0.5) is 28.4 Å². The van der Waals surface area contributed by atoms with E-state index in [2.05, 4.69) is 15.5 Å². The number of hydrogen-bond acceptors (Lipinski definition) is 13. The number of nitro groups is 1. The van der Waals surface area contributed by atoms with Gasteiger partial charge in [-0.15, -0.1) is 10.2 Å². The molecule has 0 bridgehead atoms. The van der Waals surface area contributed by atoms with Crippen molar-refractivity contribution in [2.24, 2.45) is 10.2 Å². The molecule has 0 amide bonds. The third kappa shape index (κ3) is 6.27. The minimum absolute atomic E-state index is 0.0446. The fourth-order valence-corrected chi connectivity index (χ4v) is 5.48. The number of non-ortho nitro benzene ring substituents is 1. The maximum Gasteiger partial charge on any atom is 0.298 e. The number of phenols is 2. The number of benzene rings is 4. The Morgan fingerprint density at radius 3 is 1.95 bits per heavy atom. The van der Waals surface area contributed by atoms with Gasteiger partial charge in [0.25, 0.3) is 36.0 Å². The first kappa shape index (κ1) is 30.2. The highest BCUT2D eigenvalue weighted by molar-refractivity contribution is 7.86. The number of fused-ring (bicyclic) bond motifs is 1. The Labute approximate surface area is 235 Å². The Balaban J connectivity index is 1.88. The lowest BCUT2D eigenvalue weighted by Gasteiger charge is -2.12. The number of phenolic OH excluding ortho intramolecular Hbond substituents is 2. The fourth-order valence-electron chi connectivity index (χ4n) is 3.67. The van der Waals surface area contributed by atoms with Crippen molar-refractivity contribution >= 4 is 69.6 Å². The van der Waals surface area contributed by atoms with Gasteiger partial charge in [0.1, 0.15) is 21.2 Å². The molecule has 0 spiro atoms. The first-order valence-electron chi connectivity index (χ1n) is 10.9. The largest absolute Gasteiger partial charge is 0.505 e. The number of nitrogens with one attached hydrogen (secondary N) is 1. The Kier molecular flexibility index (Phi) is 7.62. The number of nitrogens with zero attached hydrogens (tertiary/aromatic N) is 3. The number of hydrogen-bond donors (Lipinski definition) is 6. The van der Waals surface area contributed by atoms with Crippen molar-refractivity contribution in [1.82, 2.24) is 0 Å². The van der Waals surface area contributed by atoms with Crippen molar-refractivity contribution in [3.05, 3.63) is 70.8 Å². The summed E-state index contributed by atoms with van der Waals surface area (Å²) in [4.78, 5) is 7.42. The van der Waals surface area contributed by atoms with E-state index in [0.29, 0.717) is 12.1 Å². The third-order valence-electron chi connectivity index (χ3n) is 5.54. The quantitative estimate of drug-likeness (QED) is 0.0685. The van der Waals surface area contributed by atoms with Crippen LogP contribution in [0.3, 0.4) is 0 Å². The Morgan fingerprint density at radius 1 is 0.714 bits per heavy atom. The average molecular weight is 641 g/mol. The van der Waals surface area contributed by atoms with Gasteiger partial charge >= 0.3 is 0 Å². The van der Waals surface area contributed by atoms with E-state index < -0.39 is 78.5 Å². The van der Waals surface area contributed by atoms with E-state index >= 15 is 0 Å². The first-order valence-corrected chi connectivity index (χ1v) is 15.2. The second kappa shape index (κ2) is 10.6. The van der Waals surface area contributed by atoms with E-state index in [1.54, 1.807) is 0 Å². The Hall–Kier alpha value is -4.73. The summed E-state index contributed by atoms with van der Waals surface area (Å²) in [6, 6.07) is 10.8. The molecule has 0 saturated heterocycles. The number of nitro benzene ring substituents is 1. The fraction of sp³-hybridized carbons (Fsp3) is 0. The molecule has 17 nitrogen and oxygen atoms in total. The van der Waals surface area contributed by atoms with Gasteiger partial charge in [0.05, 0.1) is 9.82 Å².